The molecule has 3 aromatic rings. The molecule has 1 aliphatic carbocycles. The molecule has 1 heterocycles. The van der Waals surface area contributed by atoms with E-state index in [4.69, 9.17) is 4.74 Å². The molecule has 2 heteroatoms. The highest BCUT2D eigenvalue weighted by Gasteiger charge is 2.39. The van der Waals surface area contributed by atoms with Crippen molar-refractivity contribution in [2.24, 2.45) is 5.92 Å². The van der Waals surface area contributed by atoms with Crippen LogP contribution in [0.25, 0.3) is 0 Å². The first kappa shape index (κ1) is 19.0. The predicted octanol–water partition coefficient (Wildman–Crippen LogP) is 7.22. The second kappa shape index (κ2) is 8.02. The van der Waals surface area contributed by atoms with Crippen molar-refractivity contribution in [1.29, 1.82) is 0 Å². The second-order valence-electron chi connectivity index (χ2n) is 8.75. The van der Waals surface area contributed by atoms with E-state index < -0.39 is 0 Å². The van der Waals surface area contributed by atoms with Gasteiger partial charge in [-0.05, 0) is 41.0 Å². The Balaban J connectivity index is 1.51. The summed E-state index contributed by atoms with van der Waals surface area (Å²) in [7, 11) is 0. The van der Waals surface area contributed by atoms with Gasteiger partial charge in [-0.3, -0.25) is 0 Å². The summed E-state index contributed by atoms with van der Waals surface area (Å²) in [6, 6.07) is 26.0. The SMILES string of the molecule is CC(C)c1cccc2c1NC(c1ccccc1OCc1ccccc1)C1CC=CC21. The molecule has 5 rings (SSSR count). The number of allylic oxidation sites excluding steroid dienone is 2. The highest BCUT2D eigenvalue weighted by Crippen LogP contribution is 2.52. The maximum absolute atomic E-state index is 6.33. The van der Waals surface area contributed by atoms with E-state index in [-0.39, 0.29) is 6.04 Å². The Hall–Kier alpha value is -3.00. The minimum Gasteiger partial charge on any atom is -0.489 e. The van der Waals surface area contributed by atoms with E-state index in [2.05, 4.69) is 98.0 Å². The summed E-state index contributed by atoms with van der Waals surface area (Å²) in [6.07, 6.45) is 5.87. The van der Waals surface area contributed by atoms with Gasteiger partial charge in [-0.15, -0.1) is 0 Å². The lowest BCUT2D eigenvalue weighted by Crippen LogP contribution is -2.30. The molecule has 0 radical (unpaired) electrons. The van der Waals surface area contributed by atoms with Crippen LogP contribution in [0.2, 0.25) is 0 Å². The summed E-state index contributed by atoms with van der Waals surface area (Å²) in [5, 5.41) is 3.95. The van der Waals surface area contributed by atoms with Crippen molar-refractivity contribution in [2.45, 2.75) is 44.8 Å². The number of nitrogens with one attached hydrogen (secondary N) is 1. The number of anilines is 1. The van der Waals surface area contributed by atoms with Crippen LogP contribution in [0.5, 0.6) is 5.75 Å². The van der Waals surface area contributed by atoms with Gasteiger partial charge in [0.05, 0.1) is 6.04 Å². The van der Waals surface area contributed by atoms with Crippen molar-refractivity contribution >= 4 is 5.69 Å². The van der Waals surface area contributed by atoms with Crippen LogP contribution < -0.4 is 10.1 Å². The lowest BCUT2D eigenvalue weighted by molar-refractivity contribution is 0.296. The largest absolute Gasteiger partial charge is 0.489 e. The van der Waals surface area contributed by atoms with Crippen LogP contribution in [0.4, 0.5) is 5.69 Å². The van der Waals surface area contributed by atoms with Crippen LogP contribution in [0.1, 0.15) is 60.4 Å². The molecule has 0 saturated carbocycles. The summed E-state index contributed by atoms with van der Waals surface area (Å²) in [4.78, 5) is 0. The van der Waals surface area contributed by atoms with Crippen molar-refractivity contribution in [3.8, 4) is 5.75 Å². The molecule has 3 atom stereocenters. The van der Waals surface area contributed by atoms with Crippen molar-refractivity contribution in [2.75, 3.05) is 5.32 Å². The van der Waals surface area contributed by atoms with E-state index in [1.54, 1.807) is 0 Å². The Kier molecular flexibility index (Phi) is 5.08. The maximum Gasteiger partial charge on any atom is 0.125 e. The molecule has 1 aliphatic heterocycles. The van der Waals surface area contributed by atoms with Crippen molar-refractivity contribution in [3.63, 3.8) is 0 Å². The maximum atomic E-state index is 6.33. The van der Waals surface area contributed by atoms with E-state index in [9.17, 15) is 0 Å². The number of benzene rings is 3. The summed E-state index contributed by atoms with van der Waals surface area (Å²) in [5.41, 5.74) is 6.62. The van der Waals surface area contributed by atoms with Gasteiger partial charge < -0.3 is 10.1 Å². The quantitative estimate of drug-likeness (QED) is 0.461. The summed E-state index contributed by atoms with van der Waals surface area (Å²) >= 11 is 0. The molecular weight excluding hydrogens is 366 g/mol. The zero-order chi connectivity index (χ0) is 20.5. The Labute approximate surface area is 179 Å². The topological polar surface area (TPSA) is 21.3 Å². The molecule has 0 amide bonds. The highest BCUT2D eigenvalue weighted by molar-refractivity contribution is 5.65. The summed E-state index contributed by atoms with van der Waals surface area (Å²) in [6.45, 7) is 5.14. The molecule has 3 aromatic carbocycles. The predicted molar refractivity (Wildman–Crippen MR) is 124 cm³/mol. The monoisotopic (exact) mass is 395 g/mol. The van der Waals surface area contributed by atoms with E-state index in [0.29, 0.717) is 24.4 Å². The van der Waals surface area contributed by atoms with Crippen LogP contribution in [-0.2, 0) is 6.61 Å². The fourth-order valence-electron chi connectivity index (χ4n) is 5.04. The molecule has 0 spiro atoms. The molecule has 152 valence electrons. The molecule has 0 fully saturated rings. The molecule has 1 N–H and O–H groups in total. The van der Waals surface area contributed by atoms with Crippen LogP contribution in [0.3, 0.4) is 0 Å². The van der Waals surface area contributed by atoms with E-state index >= 15 is 0 Å². The minimum absolute atomic E-state index is 0.240. The average Bonchev–Trinajstić information content (AvgIpc) is 3.28. The number of para-hydroxylation sites is 2. The lowest BCUT2D eigenvalue weighted by Gasteiger charge is -2.39. The lowest BCUT2D eigenvalue weighted by atomic mass is 9.75. The van der Waals surface area contributed by atoms with Crippen LogP contribution in [0.15, 0.2) is 84.9 Å². The van der Waals surface area contributed by atoms with Gasteiger partial charge in [-0.25, -0.2) is 0 Å². The third-order valence-corrected chi connectivity index (χ3v) is 6.54. The Morgan fingerprint density at radius 1 is 0.900 bits per heavy atom. The fraction of sp³-hybridized carbons (Fsp3) is 0.286. The summed E-state index contributed by atoms with van der Waals surface area (Å²) in [5.74, 6) is 2.45. The van der Waals surface area contributed by atoms with Crippen molar-refractivity contribution < 1.29 is 4.74 Å². The Bertz CT molecular complexity index is 1050. The van der Waals surface area contributed by atoms with Crippen molar-refractivity contribution in [3.05, 3.63) is 107 Å². The molecular formula is C28H29NO. The minimum atomic E-state index is 0.240. The molecule has 30 heavy (non-hydrogen) atoms. The first-order valence-corrected chi connectivity index (χ1v) is 11.0. The zero-order valence-corrected chi connectivity index (χ0v) is 17.7. The van der Waals surface area contributed by atoms with Gasteiger partial charge in [0.15, 0.2) is 0 Å². The van der Waals surface area contributed by atoms with Gasteiger partial charge in [0.25, 0.3) is 0 Å². The summed E-state index contributed by atoms with van der Waals surface area (Å²) < 4.78 is 6.33. The standard InChI is InChI=1S/C28H29NO/c1-19(2)21-13-8-15-23-22-14-9-16-24(22)28(29-27(21)23)25-12-6-7-17-26(25)30-18-20-10-4-3-5-11-20/h3-15,17,19,22,24,28-29H,16,18H2,1-2H3. The van der Waals surface area contributed by atoms with Gasteiger partial charge in [-0.1, -0.05) is 92.7 Å². The normalized spacial score (nSPS) is 21.8. The average molecular weight is 396 g/mol. The second-order valence-corrected chi connectivity index (χ2v) is 8.75. The Morgan fingerprint density at radius 3 is 2.50 bits per heavy atom. The highest BCUT2D eigenvalue weighted by atomic mass is 16.5. The van der Waals surface area contributed by atoms with Crippen LogP contribution in [-0.4, -0.2) is 0 Å². The first-order valence-electron chi connectivity index (χ1n) is 11.0. The zero-order valence-electron chi connectivity index (χ0n) is 17.7. The number of hydrogen-bond donors (Lipinski definition) is 1. The van der Waals surface area contributed by atoms with Crippen LogP contribution in [0, 0.1) is 5.92 Å². The number of hydrogen-bond acceptors (Lipinski definition) is 2. The molecule has 0 bridgehead atoms. The number of fused-ring (bicyclic) bond motifs is 3. The molecule has 0 saturated heterocycles. The number of ether oxygens (including phenoxy) is 1. The number of rotatable bonds is 5. The van der Waals surface area contributed by atoms with Crippen molar-refractivity contribution in [1.82, 2.24) is 0 Å². The van der Waals surface area contributed by atoms with Gasteiger partial charge >= 0.3 is 0 Å². The van der Waals surface area contributed by atoms with Crippen LogP contribution >= 0.6 is 0 Å². The van der Waals surface area contributed by atoms with Gasteiger partial charge in [-0.2, -0.15) is 0 Å². The smallest absolute Gasteiger partial charge is 0.125 e. The van der Waals surface area contributed by atoms with E-state index in [1.165, 1.54) is 27.9 Å². The Morgan fingerprint density at radius 2 is 1.67 bits per heavy atom. The molecule has 3 unspecified atom stereocenters. The third kappa shape index (κ3) is 3.41. The molecule has 2 aliphatic rings. The first-order chi connectivity index (χ1) is 14.7. The van der Waals surface area contributed by atoms with Gasteiger partial charge in [0.1, 0.15) is 12.4 Å². The fourth-order valence-corrected chi connectivity index (χ4v) is 5.04. The van der Waals surface area contributed by atoms with E-state index in [1.807, 2.05) is 6.07 Å². The van der Waals surface area contributed by atoms with Gasteiger partial charge in [0.2, 0.25) is 0 Å². The molecule has 2 nitrogen and oxygen atoms in total. The van der Waals surface area contributed by atoms with E-state index in [0.717, 1.165) is 12.2 Å². The third-order valence-electron chi connectivity index (χ3n) is 6.54. The van der Waals surface area contributed by atoms with Gasteiger partial charge in [0, 0.05) is 17.2 Å². The molecule has 0 aromatic heterocycles.